The first-order valence-electron chi connectivity index (χ1n) is 11.3. The molecule has 0 heterocycles. The maximum Gasteiger partial charge on any atom is 0.321 e. The van der Waals surface area contributed by atoms with Crippen LogP contribution in [0.2, 0.25) is 0 Å². The standard InChI is InChI=1S/C24H42N2O/c1-4-6-8-10-12-16-20-26(21-17-13-11-9-7-5-2)24(27)25-23-19-15-14-18-22(23)3/h14-15,18-19H,4-13,16-17,20-21H2,1-3H3,(H,25,27). The molecule has 3 nitrogen and oxygen atoms in total. The molecule has 0 saturated heterocycles. The lowest BCUT2D eigenvalue weighted by molar-refractivity contribution is 0.209. The van der Waals surface area contributed by atoms with E-state index in [0.717, 1.165) is 37.2 Å². The van der Waals surface area contributed by atoms with Gasteiger partial charge in [-0.1, -0.05) is 96.3 Å². The molecule has 0 radical (unpaired) electrons. The van der Waals surface area contributed by atoms with Crippen LogP contribution in [0.5, 0.6) is 0 Å². The number of para-hydroxylation sites is 1. The zero-order chi connectivity index (χ0) is 19.7. The van der Waals surface area contributed by atoms with Crippen LogP contribution in [0.15, 0.2) is 24.3 Å². The minimum absolute atomic E-state index is 0.0615. The molecular formula is C24H42N2O. The number of nitrogens with zero attached hydrogens (tertiary/aromatic N) is 1. The third-order valence-electron chi connectivity index (χ3n) is 5.24. The number of urea groups is 1. The Morgan fingerprint density at radius 1 is 0.778 bits per heavy atom. The highest BCUT2D eigenvalue weighted by Gasteiger charge is 2.13. The van der Waals surface area contributed by atoms with Crippen LogP contribution < -0.4 is 5.32 Å². The van der Waals surface area contributed by atoms with E-state index in [4.69, 9.17) is 0 Å². The molecule has 0 aliphatic carbocycles. The third-order valence-corrected chi connectivity index (χ3v) is 5.24. The lowest BCUT2D eigenvalue weighted by atomic mass is 10.1. The highest BCUT2D eigenvalue weighted by Crippen LogP contribution is 2.15. The van der Waals surface area contributed by atoms with E-state index in [1.165, 1.54) is 64.2 Å². The van der Waals surface area contributed by atoms with E-state index in [1.807, 2.05) is 36.1 Å². The topological polar surface area (TPSA) is 32.3 Å². The van der Waals surface area contributed by atoms with Gasteiger partial charge in [-0.25, -0.2) is 4.79 Å². The molecule has 154 valence electrons. The van der Waals surface area contributed by atoms with Gasteiger partial charge < -0.3 is 10.2 Å². The SMILES string of the molecule is CCCCCCCCN(CCCCCCCC)C(=O)Nc1ccccc1C. The largest absolute Gasteiger partial charge is 0.325 e. The zero-order valence-corrected chi connectivity index (χ0v) is 18.1. The van der Waals surface area contributed by atoms with Crippen molar-refractivity contribution in [1.82, 2.24) is 4.90 Å². The minimum atomic E-state index is 0.0615. The van der Waals surface area contributed by atoms with Crippen molar-refractivity contribution in [2.24, 2.45) is 0 Å². The maximum atomic E-state index is 12.8. The van der Waals surface area contributed by atoms with Gasteiger partial charge in [0.1, 0.15) is 0 Å². The van der Waals surface area contributed by atoms with Crippen LogP contribution in [0.4, 0.5) is 10.5 Å². The highest BCUT2D eigenvalue weighted by atomic mass is 16.2. The molecule has 0 saturated carbocycles. The molecular weight excluding hydrogens is 332 g/mol. The van der Waals surface area contributed by atoms with Crippen LogP contribution in [-0.4, -0.2) is 24.0 Å². The van der Waals surface area contributed by atoms with Crippen LogP contribution in [0.1, 0.15) is 96.5 Å². The van der Waals surface area contributed by atoms with Crippen molar-refractivity contribution in [3.63, 3.8) is 0 Å². The van der Waals surface area contributed by atoms with Crippen molar-refractivity contribution in [2.45, 2.75) is 97.8 Å². The molecule has 0 aliphatic rings. The van der Waals surface area contributed by atoms with Gasteiger partial charge in [0.15, 0.2) is 0 Å². The lowest BCUT2D eigenvalue weighted by Gasteiger charge is -2.24. The zero-order valence-electron chi connectivity index (χ0n) is 18.1. The van der Waals surface area contributed by atoms with Gasteiger partial charge in [0.2, 0.25) is 0 Å². The minimum Gasteiger partial charge on any atom is -0.325 e. The van der Waals surface area contributed by atoms with Gasteiger partial charge in [0.25, 0.3) is 0 Å². The molecule has 1 aromatic carbocycles. The molecule has 0 bridgehead atoms. The number of benzene rings is 1. The number of amides is 2. The second-order valence-electron chi connectivity index (χ2n) is 7.77. The van der Waals surface area contributed by atoms with Crippen LogP contribution in [0, 0.1) is 6.92 Å². The van der Waals surface area contributed by atoms with Crippen molar-refractivity contribution in [1.29, 1.82) is 0 Å². The van der Waals surface area contributed by atoms with Gasteiger partial charge in [0.05, 0.1) is 0 Å². The molecule has 0 aliphatic heterocycles. The second kappa shape index (κ2) is 15.5. The van der Waals surface area contributed by atoms with Gasteiger partial charge in [-0.2, -0.15) is 0 Å². The average Bonchev–Trinajstić information content (AvgIpc) is 2.67. The third kappa shape index (κ3) is 11.0. The molecule has 2 amide bonds. The van der Waals surface area contributed by atoms with Gasteiger partial charge in [-0.3, -0.25) is 0 Å². The van der Waals surface area contributed by atoms with Crippen LogP contribution in [0.3, 0.4) is 0 Å². The summed E-state index contributed by atoms with van der Waals surface area (Å²) in [5.74, 6) is 0. The Bertz CT molecular complexity index is 485. The molecule has 0 fully saturated rings. The Morgan fingerprint density at radius 2 is 1.26 bits per heavy atom. The van der Waals surface area contributed by atoms with Crippen molar-refractivity contribution < 1.29 is 4.79 Å². The first-order valence-corrected chi connectivity index (χ1v) is 11.3. The summed E-state index contributed by atoms with van der Waals surface area (Å²) in [5.41, 5.74) is 2.04. The van der Waals surface area contributed by atoms with Crippen LogP contribution >= 0.6 is 0 Å². The summed E-state index contributed by atoms with van der Waals surface area (Å²) in [7, 11) is 0. The number of hydrogen-bond donors (Lipinski definition) is 1. The average molecular weight is 375 g/mol. The fourth-order valence-corrected chi connectivity index (χ4v) is 3.39. The maximum absolute atomic E-state index is 12.8. The lowest BCUT2D eigenvalue weighted by Crippen LogP contribution is -2.36. The van der Waals surface area contributed by atoms with Crippen molar-refractivity contribution >= 4 is 11.7 Å². The molecule has 27 heavy (non-hydrogen) atoms. The monoisotopic (exact) mass is 374 g/mol. The summed E-state index contributed by atoms with van der Waals surface area (Å²) in [4.78, 5) is 14.8. The first-order chi connectivity index (χ1) is 13.2. The van der Waals surface area contributed by atoms with Crippen molar-refractivity contribution in [3.05, 3.63) is 29.8 Å². The molecule has 1 aromatic rings. The Kier molecular flexibility index (Phi) is 13.5. The van der Waals surface area contributed by atoms with E-state index in [2.05, 4.69) is 19.2 Å². The summed E-state index contributed by atoms with van der Waals surface area (Å²) in [6, 6.07) is 8.08. The normalized spacial score (nSPS) is 10.8. The van der Waals surface area contributed by atoms with Crippen LogP contribution in [0.25, 0.3) is 0 Å². The fourth-order valence-electron chi connectivity index (χ4n) is 3.39. The van der Waals surface area contributed by atoms with Crippen molar-refractivity contribution in [3.8, 4) is 0 Å². The second-order valence-corrected chi connectivity index (χ2v) is 7.77. The van der Waals surface area contributed by atoms with Gasteiger partial charge in [0, 0.05) is 18.8 Å². The highest BCUT2D eigenvalue weighted by molar-refractivity contribution is 5.90. The van der Waals surface area contributed by atoms with E-state index in [-0.39, 0.29) is 6.03 Å². The number of nitrogens with one attached hydrogen (secondary N) is 1. The van der Waals surface area contributed by atoms with Gasteiger partial charge >= 0.3 is 6.03 Å². The van der Waals surface area contributed by atoms with Crippen LogP contribution in [-0.2, 0) is 0 Å². The first kappa shape index (κ1) is 23.5. The Labute approximate surface area is 167 Å². The number of aryl methyl sites for hydroxylation is 1. The predicted molar refractivity (Wildman–Crippen MR) is 119 cm³/mol. The molecule has 0 unspecified atom stereocenters. The van der Waals surface area contributed by atoms with E-state index in [9.17, 15) is 4.79 Å². The fraction of sp³-hybridized carbons (Fsp3) is 0.708. The number of carbonyl (C=O) groups excluding carboxylic acids is 1. The Balaban J connectivity index is 2.44. The predicted octanol–water partition coefficient (Wildman–Crippen LogP) is 7.55. The molecule has 0 spiro atoms. The van der Waals surface area contributed by atoms with E-state index in [1.54, 1.807) is 0 Å². The number of rotatable bonds is 15. The summed E-state index contributed by atoms with van der Waals surface area (Å²) >= 11 is 0. The van der Waals surface area contributed by atoms with Gasteiger partial charge in [-0.05, 0) is 31.4 Å². The quantitative estimate of drug-likeness (QED) is 0.316. The summed E-state index contributed by atoms with van der Waals surface area (Å²) in [6.45, 7) is 8.29. The number of anilines is 1. The molecule has 0 atom stereocenters. The van der Waals surface area contributed by atoms with Gasteiger partial charge in [-0.15, -0.1) is 0 Å². The summed E-state index contributed by atoms with van der Waals surface area (Å²) in [5, 5.41) is 3.12. The summed E-state index contributed by atoms with van der Waals surface area (Å²) < 4.78 is 0. The smallest absolute Gasteiger partial charge is 0.321 e. The molecule has 0 aromatic heterocycles. The molecule has 3 heteroatoms. The number of hydrogen-bond acceptors (Lipinski definition) is 1. The molecule has 1 N–H and O–H groups in total. The van der Waals surface area contributed by atoms with Crippen molar-refractivity contribution in [2.75, 3.05) is 18.4 Å². The Hall–Kier alpha value is -1.51. The number of unbranched alkanes of at least 4 members (excludes halogenated alkanes) is 10. The number of carbonyl (C=O) groups is 1. The molecule has 1 rings (SSSR count). The Morgan fingerprint density at radius 3 is 1.78 bits per heavy atom. The van der Waals surface area contributed by atoms with E-state index < -0.39 is 0 Å². The summed E-state index contributed by atoms with van der Waals surface area (Å²) in [6.07, 6.45) is 15.1. The van der Waals surface area contributed by atoms with E-state index in [0.29, 0.717) is 0 Å². The van der Waals surface area contributed by atoms with E-state index >= 15 is 0 Å².